The molecule has 1 aromatic carbocycles. The van der Waals surface area contributed by atoms with Crippen LogP contribution < -0.4 is 5.73 Å². The van der Waals surface area contributed by atoms with Crippen LogP contribution in [0.25, 0.3) is 11.3 Å². The van der Waals surface area contributed by atoms with Gasteiger partial charge in [-0.05, 0) is 20.8 Å². The third-order valence-electron chi connectivity index (χ3n) is 4.24. The van der Waals surface area contributed by atoms with E-state index in [4.69, 9.17) is 14.9 Å². The number of oxazole rings is 1. The molecule has 8 heteroatoms. The Morgan fingerprint density at radius 3 is 2.46 bits per heavy atom. The van der Waals surface area contributed by atoms with Gasteiger partial charge >= 0.3 is 6.09 Å². The summed E-state index contributed by atoms with van der Waals surface area (Å²) in [7, 11) is 0. The van der Waals surface area contributed by atoms with E-state index < -0.39 is 5.60 Å². The highest BCUT2D eigenvalue weighted by Crippen LogP contribution is 2.20. The number of ether oxygens (including phenoxy) is 1. The number of carbonyl (C=O) groups is 1. The maximum atomic E-state index is 12.1. The predicted octanol–water partition coefficient (Wildman–Crippen LogP) is 2.71. The Hall–Kier alpha value is -3.03. The molecule has 0 unspecified atom stereocenters. The number of aromatic nitrogens is 1. The van der Waals surface area contributed by atoms with Crippen LogP contribution >= 0.6 is 0 Å². The number of benzene rings is 1. The summed E-state index contributed by atoms with van der Waals surface area (Å²) in [5, 5.41) is 0. The van der Waals surface area contributed by atoms with Crippen LogP contribution in [0.1, 0.15) is 26.7 Å². The van der Waals surface area contributed by atoms with Crippen LogP contribution in [0.5, 0.6) is 0 Å². The van der Waals surface area contributed by atoms with Gasteiger partial charge in [0.2, 0.25) is 5.89 Å². The predicted molar refractivity (Wildman–Crippen MR) is 107 cm³/mol. The van der Waals surface area contributed by atoms with Crippen molar-refractivity contribution in [2.75, 3.05) is 26.2 Å². The minimum atomic E-state index is -0.497. The van der Waals surface area contributed by atoms with Gasteiger partial charge in [0, 0.05) is 31.7 Å². The Morgan fingerprint density at radius 2 is 1.82 bits per heavy atom. The molecule has 1 aromatic heterocycles. The number of amides is 1. The summed E-state index contributed by atoms with van der Waals surface area (Å²) in [5.74, 6) is 1.63. The van der Waals surface area contributed by atoms with Crippen molar-refractivity contribution < 1.29 is 13.9 Å². The number of aliphatic imine (C=N–C) groups is 1. The molecular weight excluding hydrogens is 358 g/mol. The number of carbonyl (C=O) groups excluding carboxylic acids is 1. The van der Waals surface area contributed by atoms with Gasteiger partial charge in [-0.25, -0.2) is 14.8 Å². The van der Waals surface area contributed by atoms with Crippen molar-refractivity contribution in [3.05, 3.63) is 42.4 Å². The number of rotatable bonds is 3. The first-order valence-electron chi connectivity index (χ1n) is 9.35. The second-order valence-corrected chi connectivity index (χ2v) is 7.61. The molecule has 0 radical (unpaired) electrons. The lowest BCUT2D eigenvalue weighted by atomic mass is 10.2. The van der Waals surface area contributed by atoms with Crippen LogP contribution in [0.3, 0.4) is 0 Å². The lowest BCUT2D eigenvalue weighted by Gasteiger charge is -2.36. The van der Waals surface area contributed by atoms with E-state index in [9.17, 15) is 4.79 Å². The first-order chi connectivity index (χ1) is 13.3. The van der Waals surface area contributed by atoms with Gasteiger partial charge in [0.05, 0.1) is 6.20 Å². The molecule has 0 bridgehead atoms. The van der Waals surface area contributed by atoms with E-state index in [-0.39, 0.29) is 12.6 Å². The minimum Gasteiger partial charge on any atom is -0.444 e. The fraction of sp³-hybridized carbons (Fsp3) is 0.450. The third-order valence-corrected chi connectivity index (χ3v) is 4.24. The first-order valence-corrected chi connectivity index (χ1v) is 9.35. The number of guanidine groups is 1. The van der Waals surface area contributed by atoms with Gasteiger partial charge in [-0.3, -0.25) is 0 Å². The highest BCUT2D eigenvalue weighted by Gasteiger charge is 2.26. The van der Waals surface area contributed by atoms with E-state index in [1.807, 2.05) is 56.0 Å². The molecular formula is C20H27N5O3. The average molecular weight is 385 g/mol. The van der Waals surface area contributed by atoms with Crippen molar-refractivity contribution in [3.63, 3.8) is 0 Å². The van der Waals surface area contributed by atoms with Crippen LogP contribution in [0.2, 0.25) is 0 Å². The second-order valence-electron chi connectivity index (χ2n) is 7.61. The molecule has 2 aromatic rings. The molecule has 1 aliphatic heterocycles. The minimum absolute atomic E-state index is 0.269. The molecule has 3 rings (SSSR count). The Bertz CT molecular complexity index is 818. The number of piperazine rings is 1. The maximum absolute atomic E-state index is 12.1. The van der Waals surface area contributed by atoms with Crippen LogP contribution in [-0.4, -0.2) is 58.6 Å². The van der Waals surface area contributed by atoms with Crippen LogP contribution in [-0.2, 0) is 11.3 Å². The molecule has 0 saturated carbocycles. The Kier molecular flexibility index (Phi) is 5.87. The fourth-order valence-electron chi connectivity index (χ4n) is 2.81. The largest absolute Gasteiger partial charge is 0.444 e. The van der Waals surface area contributed by atoms with Crippen LogP contribution in [0, 0.1) is 0 Å². The van der Waals surface area contributed by atoms with E-state index in [2.05, 4.69) is 9.98 Å². The van der Waals surface area contributed by atoms with Crippen molar-refractivity contribution in [2.45, 2.75) is 32.9 Å². The Labute approximate surface area is 165 Å². The van der Waals surface area contributed by atoms with Crippen LogP contribution in [0.4, 0.5) is 4.79 Å². The summed E-state index contributed by atoms with van der Waals surface area (Å²) in [5.41, 5.74) is 6.58. The van der Waals surface area contributed by atoms with Gasteiger partial charge in [-0.1, -0.05) is 30.3 Å². The summed E-state index contributed by atoms with van der Waals surface area (Å²) in [4.78, 5) is 24.4. The van der Waals surface area contributed by atoms with Gasteiger partial charge in [0.15, 0.2) is 11.7 Å². The first kappa shape index (κ1) is 19.7. The zero-order valence-corrected chi connectivity index (χ0v) is 16.6. The smallest absolute Gasteiger partial charge is 0.410 e. The summed E-state index contributed by atoms with van der Waals surface area (Å²) < 4.78 is 11.1. The van der Waals surface area contributed by atoms with Gasteiger partial charge in [-0.15, -0.1) is 0 Å². The second kappa shape index (κ2) is 8.33. The number of nitrogens with zero attached hydrogens (tertiary/aromatic N) is 4. The standard InChI is InChI=1S/C20H27N5O3/c1-20(2,3)28-19(26)25-11-9-24(10-12-25)18(21)23-14-17-22-13-16(27-17)15-7-5-4-6-8-15/h4-8,13H,9-12,14H2,1-3H3,(H2,21,23). The summed E-state index contributed by atoms with van der Waals surface area (Å²) in [6.45, 7) is 8.15. The average Bonchev–Trinajstić information content (AvgIpc) is 3.15. The normalized spacial score (nSPS) is 15.6. The van der Waals surface area contributed by atoms with E-state index in [0.29, 0.717) is 43.8 Å². The zero-order chi connectivity index (χ0) is 20.1. The number of nitrogens with two attached hydrogens (primary N) is 1. The SMILES string of the molecule is CC(C)(C)OC(=O)N1CCN(C(N)=NCc2ncc(-c3ccccc3)o2)CC1. The molecule has 150 valence electrons. The highest BCUT2D eigenvalue weighted by atomic mass is 16.6. The monoisotopic (exact) mass is 385 g/mol. The van der Waals surface area contributed by atoms with Gasteiger partial charge in [-0.2, -0.15) is 0 Å². The van der Waals surface area contributed by atoms with Crippen molar-refractivity contribution >= 4 is 12.1 Å². The summed E-state index contributed by atoms with van der Waals surface area (Å²) >= 11 is 0. The lowest BCUT2D eigenvalue weighted by Crippen LogP contribution is -2.53. The van der Waals surface area contributed by atoms with Crippen molar-refractivity contribution in [1.82, 2.24) is 14.8 Å². The van der Waals surface area contributed by atoms with Crippen LogP contribution in [0.15, 0.2) is 45.9 Å². The Morgan fingerprint density at radius 1 is 1.18 bits per heavy atom. The van der Waals surface area contributed by atoms with E-state index in [0.717, 1.165) is 5.56 Å². The summed E-state index contributed by atoms with van der Waals surface area (Å²) in [6, 6.07) is 9.78. The molecule has 1 aliphatic rings. The van der Waals surface area contributed by atoms with Crippen molar-refractivity contribution in [1.29, 1.82) is 0 Å². The molecule has 8 nitrogen and oxygen atoms in total. The molecule has 1 saturated heterocycles. The zero-order valence-electron chi connectivity index (χ0n) is 16.6. The number of hydrogen-bond acceptors (Lipinski definition) is 5. The molecule has 28 heavy (non-hydrogen) atoms. The maximum Gasteiger partial charge on any atom is 0.410 e. The molecule has 2 heterocycles. The Balaban J connectivity index is 1.51. The third kappa shape index (κ3) is 5.25. The van der Waals surface area contributed by atoms with Crippen molar-refractivity contribution in [3.8, 4) is 11.3 Å². The number of hydrogen-bond donors (Lipinski definition) is 1. The quantitative estimate of drug-likeness (QED) is 0.644. The molecule has 2 N–H and O–H groups in total. The fourth-order valence-corrected chi connectivity index (χ4v) is 2.81. The van der Waals surface area contributed by atoms with Gasteiger partial charge in [0.1, 0.15) is 12.1 Å². The van der Waals surface area contributed by atoms with E-state index in [1.54, 1.807) is 11.1 Å². The van der Waals surface area contributed by atoms with Crippen molar-refractivity contribution in [2.24, 2.45) is 10.7 Å². The highest BCUT2D eigenvalue weighted by molar-refractivity contribution is 5.78. The topological polar surface area (TPSA) is 97.2 Å². The summed E-state index contributed by atoms with van der Waals surface area (Å²) in [6.07, 6.45) is 1.39. The molecule has 0 spiro atoms. The van der Waals surface area contributed by atoms with Gasteiger partial charge < -0.3 is 24.7 Å². The molecule has 1 amide bonds. The van der Waals surface area contributed by atoms with E-state index >= 15 is 0 Å². The molecule has 0 aliphatic carbocycles. The lowest BCUT2D eigenvalue weighted by molar-refractivity contribution is 0.0186. The van der Waals surface area contributed by atoms with E-state index in [1.165, 1.54) is 0 Å². The molecule has 1 fully saturated rings. The molecule has 0 atom stereocenters. The van der Waals surface area contributed by atoms with Gasteiger partial charge in [0.25, 0.3) is 0 Å².